The number of benzene rings is 1. The first kappa shape index (κ1) is 18.4. The van der Waals surface area contributed by atoms with Crippen molar-refractivity contribution in [3.05, 3.63) is 71.4 Å². The molecule has 2 heterocycles. The number of carbonyl (C=O) groups is 3. The summed E-state index contributed by atoms with van der Waals surface area (Å²) >= 11 is 1.11. The number of nitrogens with one attached hydrogen (secondary N) is 1. The molecule has 0 spiro atoms. The first-order valence-corrected chi connectivity index (χ1v) is 8.94. The summed E-state index contributed by atoms with van der Waals surface area (Å²) in [6, 6.07) is 13.3. The Morgan fingerprint density at radius 1 is 1.07 bits per heavy atom. The number of aromatic nitrogens is 2. The highest BCUT2D eigenvalue weighted by atomic mass is 32.1. The minimum atomic E-state index is -1.10. The van der Waals surface area contributed by atoms with Gasteiger partial charge in [0.1, 0.15) is 6.04 Å². The topological polar surface area (TPSA) is 115 Å². The number of primary amides is 1. The summed E-state index contributed by atoms with van der Waals surface area (Å²) in [6.07, 6.45) is 1.76. The van der Waals surface area contributed by atoms with Gasteiger partial charge in [-0.2, -0.15) is 4.37 Å². The molecule has 0 fully saturated rings. The van der Waals surface area contributed by atoms with Gasteiger partial charge in [0.15, 0.2) is 5.69 Å². The number of pyridine rings is 1. The van der Waals surface area contributed by atoms with Gasteiger partial charge in [0.2, 0.25) is 5.78 Å². The molecule has 3 N–H and O–H groups in total. The van der Waals surface area contributed by atoms with Crippen LogP contribution in [0.5, 0.6) is 0 Å². The van der Waals surface area contributed by atoms with Crippen molar-refractivity contribution < 1.29 is 14.4 Å². The fraction of sp³-hybridized carbons (Fsp3) is 0.105. The van der Waals surface area contributed by atoms with Crippen molar-refractivity contribution in [2.24, 2.45) is 5.73 Å². The van der Waals surface area contributed by atoms with Crippen molar-refractivity contribution in [2.45, 2.75) is 12.5 Å². The standard InChI is InChI=1S/C19H16N4O3S/c20-18(25)17(24)15(10-12-6-2-1-3-7-12)22-19(26)16-13(11-27-23-16)14-8-4-5-9-21-14/h1-9,11,15H,10H2,(H2,20,25)(H,22,26). The molecule has 3 rings (SSSR count). The van der Waals surface area contributed by atoms with Crippen molar-refractivity contribution in [3.8, 4) is 11.3 Å². The van der Waals surface area contributed by atoms with Crippen LogP contribution in [0.2, 0.25) is 0 Å². The number of Topliss-reactive ketones (excluding diaryl/α,β-unsaturated/α-hetero) is 1. The monoisotopic (exact) mass is 380 g/mol. The molecular formula is C19H16N4O3S. The molecule has 1 atom stereocenters. The molecule has 0 radical (unpaired) electrons. The van der Waals surface area contributed by atoms with Crippen LogP contribution in [0.25, 0.3) is 11.3 Å². The summed E-state index contributed by atoms with van der Waals surface area (Å²) in [5, 5.41) is 4.29. The number of rotatable bonds is 7. The first-order valence-electron chi connectivity index (χ1n) is 8.10. The number of hydrogen-bond acceptors (Lipinski definition) is 6. The van der Waals surface area contributed by atoms with Gasteiger partial charge in [0.05, 0.1) is 5.69 Å². The largest absolute Gasteiger partial charge is 0.363 e. The smallest absolute Gasteiger partial charge is 0.287 e. The molecule has 1 aromatic carbocycles. The Bertz CT molecular complexity index is 957. The van der Waals surface area contributed by atoms with Gasteiger partial charge in [-0.1, -0.05) is 36.4 Å². The van der Waals surface area contributed by atoms with E-state index in [2.05, 4.69) is 14.7 Å². The van der Waals surface area contributed by atoms with E-state index in [1.54, 1.807) is 41.9 Å². The van der Waals surface area contributed by atoms with Gasteiger partial charge in [-0.05, 0) is 29.2 Å². The quantitative estimate of drug-likeness (QED) is 0.604. The molecule has 136 valence electrons. The predicted molar refractivity (Wildman–Crippen MR) is 101 cm³/mol. The van der Waals surface area contributed by atoms with Gasteiger partial charge in [-0.15, -0.1) is 0 Å². The van der Waals surface area contributed by atoms with Crippen LogP contribution in [0.15, 0.2) is 60.1 Å². The molecule has 0 saturated heterocycles. The van der Waals surface area contributed by atoms with Crippen LogP contribution in [0.4, 0.5) is 0 Å². The molecule has 3 aromatic rings. The second-order valence-electron chi connectivity index (χ2n) is 5.74. The number of carbonyl (C=O) groups excluding carboxylic acids is 3. The van der Waals surface area contributed by atoms with Crippen molar-refractivity contribution in [1.29, 1.82) is 0 Å². The Morgan fingerprint density at radius 3 is 2.48 bits per heavy atom. The fourth-order valence-corrected chi connectivity index (χ4v) is 3.24. The molecule has 27 heavy (non-hydrogen) atoms. The van der Waals surface area contributed by atoms with Crippen LogP contribution in [0, 0.1) is 0 Å². The Kier molecular flexibility index (Phi) is 5.68. The highest BCUT2D eigenvalue weighted by Gasteiger charge is 2.27. The van der Waals surface area contributed by atoms with Gasteiger partial charge in [-0.25, -0.2) is 0 Å². The Balaban J connectivity index is 1.84. The number of nitrogens with two attached hydrogens (primary N) is 1. The first-order chi connectivity index (χ1) is 13.1. The minimum absolute atomic E-state index is 0.147. The third-order valence-electron chi connectivity index (χ3n) is 3.87. The van der Waals surface area contributed by atoms with Gasteiger partial charge < -0.3 is 11.1 Å². The summed E-state index contributed by atoms with van der Waals surface area (Å²) in [4.78, 5) is 40.5. The molecule has 0 aliphatic heterocycles. The third-order valence-corrected chi connectivity index (χ3v) is 4.50. The van der Waals surface area contributed by atoms with E-state index in [0.29, 0.717) is 11.3 Å². The highest BCUT2D eigenvalue weighted by molar-refractivity contribution is 7.04. The third kappa shape index (κ3) is 4.42. The Morgan fingerprint density at radius 2 is 1.81 bits per heavy atom. The van der Waals surface area contributed by atoms with E-state index in [1.807, 2.05) is 18.2 Å². The summed E-state index contributed by atoms with van der Waals surface area (Å²) in [6.45, 7) is 0. The highest BCUT2D eigenvalue weighted by Crippen LogP contribution is 2.23. The lowest BCUT2D eigenvalue weighted by atomic mass is 10.0. The normalized spacial score (nSPS) is 11.6. The van der Waals surface area contributed by atoms with Crippen LogP contribution in [-0.4, -0.2) is 33.0 Å². The number of amides is 2. The van der Waals surface area contributed by atoms with E-state index in [0.717, 1.165) is 17.1 Å². The maximum atomic E-state index is 12.7. The molecule has 0 bridgehead atoms. The fourth-order valence-electron chi connectivity index (χ4n) is 2.56. The van der Waals surface area contributed by atoms with Gasteiger partial charge in [-0.3, -0.25) is 19.4 Å². The number of nitrogens with zero attached hydrogens (tertiary/aromatic N) is 2. The molecule has 2 aromatic heterocycles. The SMILES string of the molecule is NC(=O)C(=O)C(Cc1ccccc1)NC(=O)c1nscc1-c1ccccn1. The minimum Gasteiger partial charge on any atom is -0.363 e. The molecule has 1 unspecified atom stereocenters. The van der Waals surface area contributed by atoms with E-state index in [9.17, 15) is 14.4 Å². The molecule has 0 aliphatic carbocycles. The van der Waals surface area contributed by atoms with E-state index in [-0.39, 0.29) is 12.1 Å². The van der Waals surface area contributed by atoms with Crippen LogP contribution < -0.4 is 11.1 Å². The molecule has 0 aliphatic rings. The van der Waals surface area contributed by atoms with E-state index in [1.165, 1.54) is 0 Å². The summed E-state index contributed by atoms with van der Waals surface area (Å²) < 4.78 is 4.12. The lowest BCUT2D eigenvalue weighted by Crippen LogP contribution is -2.47. The van der Waals surface area contributed by atoms with E-state index >= 15 is 0 Å². The van der Waals surface area contributed by atoms with Crippen LogP contribution in [0.3, 0.4) is 0 Å². The maximum Gasteiger partial charge on any atom is 0.287 e. The molecule has 0 saturated carbocycles. The Labute approximate surface area is 159 Å². The summed E-state index contributed by atoms with van der Waals surface area (Å²) in [7, 11) is 0. The van der Waals surface area contributed by atoms with Gasteiger partial charge in [0, 0.05) is 23.6 Å². The lowest BCUT2D eigenvalue weighted by molar-refractivity contribution is -0.137. The second-order valence-corrected chi connectivity index (χ2v) is 6.37. The Hall–Kier alpha value is -3.39. The average molecular weight is 380 g/mol. The van der Waals surface area contributed by atoms with Crippen LogP contribution in [-0.2, 0) is 16.0 Å². The molecule has 8 heteroatoms. The average Bonchev–Trinajstić information content (AvgIpc) is 3.18. The van der Waals surface area contributed by atoms with Crippen LogP contribution in [0.1, 0.15) is 16.1 Å². The van der Waals surface area contributed by atoms with Gasteiger partial charge >= 0.3 is 0 Å². The molecule has 2 amide bonds. The van der Waals surface area contributed by atoms with Gasteiger partial charge in [0.25, 0.3) is 11.8 Å². The number of ketones is 1. The van der Waals surface area contributed by atoms with Crippen LogP contribution >= 0.6 is 11.5 Å². The zero-order chi connectivity index (χ0) is 19.2. The summed E-state index contributed by atoms with van der Waals surface area (Å²) in [5.74, 6) is -2.52. The van der Waals surface area contributed by atoms with E-state index < -0.39 is 23.6 Å². The molecule has 7 nitrogen and oxygen atoms in total. The molecular weight excluding hydrogens is 364 g/mol. The van der Waals surface area contributed by atoms with Crippen molar-refractivity contribution >= 4 is 29.1 Å². The second kappa shape index (κ2) is 8.33. The zero-order valence-electron chi connectivity index (χ0n) is 14.2. The van der Waals surface area contributed by atoms with Crippen molar-refractivity contribution in [2.75, 3.05) is 0 Å². The summed E-state index contributed by atoms with van der Waals surface area (Å²) in [5.41, 5.74) is 7.24. The maximum absolute atomic E-state index is 12.7. The zero-order valence-corrected chi connectivity index (χ0v) is 15.0. The number of hydrogen-bond donors (Lipinski definition) is 2. The lowest BCUT2D eigenvalue weighted by Gasteiger charge is -2.16. The van der Waals surface area contributed by atoms with Crippen molar-refractivity contribution in [3.63, 3.8) is 0 Å². The predicted octanol–water partition coefficient (Wildman–Crippen LogP) is 1.60. The van der Waals surface area contributed by atoms with E-state index in [4.69, 9.17) is 5.73 Å². The van der Waals surface area contributed by atoms with Crippen molar-refractivity contribution in [1.82, 2.24) is 14.7 Å².